The predicted octanol–water partition coefficient (Wildman–Crippen LogP) is 4.53. The van der Waals surface area contributed by atoms with Crippen molar-refractivity contribution < 1.29 is 4.79 Å². The summed E-state index contributed by atoms with van der Waals surface area (Å²) < 4.78 is 2.30. The molecule has 0 bridgehead atoms. The summed E-state index contributed by atoms with van der Waals surface area (Å²) in [5.41, 5.74) is 0.851. The summed E-state index contributed by atoms with van der Waals surface area (Å²) in [7, 11) is 0. The lowest BCUT2D eigenvalue weighted by Gasteiger charge is -2.10. The third-order valence-electron chi connectivity index (χ3n) is 3.34. The molecule has 0 aliphatic rings. The number of hydrogen-bond acceptors (Lipinski definition) is 6. The highest BCUT2D eigenvalue weighted by Crippen LogP contribution is 2.33. The molecule has 6 nitrogen and oxygen atoms in total. The van der Waals surface area contributed by atoms with E-state index in [4.69, 9.17) is 23.2 Å². The molecule has 1 N–H and O–H groups in total. The number of nitrogens with one attached hydrogen (secondary N) is 1. The van der Waals surface area contributed by atoms with Crippen molar-refractivity contribution in [1.82, 2.24) is 20.0 Å². The average Bonchev–Trinajstić information content (AvgIpc) is 3.25. The minimum Gasteiger partial charge on any atom is -0.299 e. The molecule has 0 radical (unpaired) electrons. The van der Waals surface area contributed by atoms with Gasteiger partial charge in [0.05, 0.1) is 0 Å². The van der Waals surface area contributed by atoms with Crippen LogP contribution in [0.25, 0.3) is 0 Å². The topological polar surface area (TPSA) is 72.7 Å². The van der Waals surface area contributed by atoms with E-state index in [-0.39, 0.29) is 5.91 Å². The fourth-order valence-electron chi connectivity index (χ4n) is 1.96. The van der Waals surface area contributed by atoms with Crippen molar-refractivity contribution in [2.45, 2.75) is 23.1 Å². The Balaban J connectivity index is 1.60. The Kier molecular flexibility index (Phi) is 5.95. The third-order valence-corrected chi connectivity index (χ3v) is 6.05. The number of thioether (sulfide) groups is 1. The number of halogens is 2. The van der Waals surface area contributed by atoms with Gasteiger partial charge in [0, 0.05) is 28.2 Å². The maximum atomic E-state index is 12.2. The first-order valence-corrected chi connectivity index (χ1v) is 9.79. The minimum atomic E-state index is -0.433. The van der Waals surface area contributed by atoms with Crippen LogP contribution in [0.3, 0.4) is 0 Å². The predicted molar refractivity (Wildman–Crippen MR) is 101 cm³/mol. The molecule has 25 heavy (non-hydrogen) atoms. The molecule has 0 aliphatic carbocycles. The van der Waals surface area contributed by atoms with Gasteiger partial charge in [-0.3, -0.25) is 14.8 Å². The molecule has 0 saturated carbocycles. The standard InChI is InChI=1S/C15H13Cl2N5OS2/c1-9(22-7-3-6-18-22)13(23)19-14-20-21-15(25-14)24-8-10-11(16)4-2-5-12(10)17/h2-7,9H,8H2,1H3,(H,19,20,23). The number of aromatic nitrogens is 4. The van der Waals surface area contributed by atoms with Crippen LogP contribution in [-0.4, -0.2) is 25.9 Å². The second-order valence-electron chi connectivity index (χ2n) is 5.01. The van der Waals surface area contributed by atoms with Gasteiger partial charge in [0.1, 0.15) is 6.04 Å². The van der Waals surface area contributed by atoms with E-state index >= 15 is 0 Å². The summed E-state index contributed by atoms with van der Waals surface area (Å²) in [5.74, 6) is 0.371. The van der Waals surface area contributed by atoms with Crippen molar-refractivity contribution in [2.75, 3.05) is 5.32 Å². The summed E-state index contributed by atoms with van der Waals surface area (Å²) in [6.45, 7) is 1.76. The number of carbonyl (C=O) groups excluding carboxylic acids is 1. The fourth-order valence-corrected chi connectivity index (χ4v) is 4.46. The van der Waals surface area contributed by atoms with Gasteiger partial charge in [0.25, 0.3) is 5.91 Å². The number of rotatable bonds is 6. The van der Waals surface area contributed by atoms with Crippen LogP contribution in [0.5, 0.6) is 0 Å². The van der Waals surface area contributed by atoms with Crippen LogP contribution in [0.2, 0.25) is 10.0 Å². The monoisotopic (exact) mass is 413 g/mol. The van der Waals surface area contributed by atoms with E-state index in [1.54, 1.807) is 48.3 Å². The normalized spacial score (nSPS) is 12.1. The van der Waals surface area contributed by atoms with Crippen molar-refractivity contribution in [1.29, 1.82) is 0 Å². The minimum absolute atomic E-state index is 0.203. The highest BCUT2D eigenvalue weighted by Gasteiger charge is 2.17. The van der Waals surface area contributed by atoms with Gasteiger partial charge in [-0.1, -0.05) is 52.4 Å². The van der Waals surface area contributed by atoms with Crippen molar-refractivity contribution in [3.05, 3.63) is 52.3 Å². The van der Waals surface area contributed by atoms with Crippen LogP contribution in [0.1, 0.15) is 18.5 Å². The van der Waals surface area contributed by atoms with Crippen LogP contribution in [-0.2, 0) is 10.5 Å². The summed E-state index contributed by atoms with van der Waals surface area (Å²) >= 11 is 15.1. The van der Waals surface area contributed by atoms with Crippen molar-refractivity contribution in [3.63, 3.8) is 0 Å². The van der Waals surface area contributed by atoms with Crippen LogP contribution < -0.4 is 5.32 Å². The lowest BCUT2D eigenvalue weighted by Crippen LogP contribution is -2.23. The SMILES string of the molecule is CC(C(=O)Nc1nnc(SCc2c(Cl)cccc2Cl)s1)n1cccn1. The van der Waals surface area contributed by atoms with Gasteiger partial charge < -0.3 is 0 Å². The second kappa shape index (κ2) is 8.18. The molecule has 2 aromatic heterocycles. The Labute approximate surface area is 162 Å². The number of amides is 1. The van der Waals surface area contributed by atoms with E-state index in [0.29, 0.717) is 20.9 Å². The van der Waals surface area contributed by atoms with E-state index in [1.807, 2.05) is 0 Å². The molecule has 1 unspecified atom stereocenters. The summed E-state index contributed by atoms with van der Waals surface area (Å²) in [6, 6.07) is 6.73. The largest absolute Gasteiger partial charge is 0.299 e. The molecule has 130 valence electrons. The molecule has 3 aromatic rings. The number of benzene rings is 1. The van der Waals surface area contributed by atoms with Crippen molar-refractivity contribution in [2.24, 2.45) is 0 Å². The quantitative estimate of drug-likeness (QED) is 0.474. The van der Waals surface area contributed by atoms with Crippen LogP contribution in [0.15, 0.2) is 41.0 Å². The third kappa shape index (κ3) is 4.52. The van der Waals surface area contributed by atoms with Gasteiger partial charge in [0.2, 0.25) is 5.13 Å². The molecule has 1 atom stereocenters. The lowest BCUT2D eigenvalue weighted by molar-refractivity contribution is -0.119. The van der Waals surface area contributed by atoms with E-state index < -0.39 is 6.04 Å². The summed E-state index contributed by atoms with van der Waals surface area (Å²) in [6.07, 6.45) is 3.36. The molecule has 0 spiro atoms. The van der Waals surface area contributed by atoms with Crippen LogP contribution in [0.4, 0.5) is 5.13 Å². The van der Waals surface area contributed by atoms with Gasteiger partial charge in [-0.05, 0) is 30.7 Å². The molecular formula is C15H13Cl2N5OS2. The molecule has 1 aromatic carbocycles. The summed E-state index contributed by atoms with van der Waals surface area (Å²) in [4.78, 5) is 12.2. The zero-order valence-electron chi connectivity index (χ0n) is 13.0. The molecular weight excluding hydrogens is 401 g/mol. The van der Waals surface area contributed by atoms with Gasteiger partial charge in [0.15, 0.2) is 4.34 Å². The maximum absolute atomic E-state index is 12.2. The summed E-state index contributed by atoms with van der Waals surface area (Å²) in [5, 5.41) is 16.6. The molecule has 0 fully saturated rings. The first-order chi connectivity index (χ1) is 12.0. The zero-order chi connectivity index (χ0) is 17.8. The maximum Gasteiger partial charge on any atom is 0.250 e. The molecule has 1 amide bonds. The first kappa shape index (κ1) is 18.2. The lowest BCUT2D eigenvalue weighted by atomic mass is 10.2. The number of anilines is 1. The first-order valence-electron chi connectivity index (χ1n) is 7.24. The Morgan fingerprint density at radius 1 is 1.32 bits per heavy atom. The Morgan fingerprint density at radius 2 is 2.08 bits per heavy atom. The fraction of sp³-hybridized carbons (Fsp3) is 0.200. The molecule has 10 heteroatoms. The van der Waals surface area contributed by atoms with Crippen LogP contribution >= 0.6 is 46.3 Å². The number of hydrogen-bond donors (Lipinski definition) is 1. The second-order valence-corrected chi connectivity index (χ2v) is 8.03. The smallest absolute Gasteiger partial charge is 0.250 e. The molecule has 3 rings (SSSR count). The van der Waals surface area contributed by atoms with E-state index in [9.17, 15) is 4.79 Å². The Bertz CT molecular complexity index is 848. The highest BCUT2D eigenvalue weighted by atomic mass is 35.5. The number of carbonyl (C=O) groups is 1. The average molecular weight is 414 g/mol. The molecule has 0 aliphatic heterocycles. The zero-order valence-corrected chi connectivity index (χ0v) is 16.2. The van der Waals surface area contributed by atoms with Crippen molar-refractivity contribution >= 4 is 57.3 Å². The molecule has 0 saturated heterocycles. The van der Waals surface area contributed by atoms with E-state index in [0.717, 1.165) is 9.90 Å². The molecule has 2 heterocycles. The Morgan fingerprint density at radius 3 is 2.76 bits per heavy atom. The van der Waals surface area contributed by atoms with Crippen molar-refractivity contribution in [3.8, 4) is 0 Å². The Hall–Kier alpha value is -1.61. The van der Waals surface area contributed by atoms with Gasteiger partial charge in [-0.2, -0.15) is 5.10 Å². The van der Waals surface area contributed by atoms with Gasteiger partial charge in [-0.25, -0.2) is 0 Å². The van der Waals surface area contributed by atoms with Gasteiger partial charge in [-0.15, -0.1) is 10.2 Å². The van der Waals surface area contributed by atoms with Gasteiger partial charge >= 0.3 is 0 Å². The van der Waals surface area contributed by atoms with E-state index in [2.05, 4.69) is 20.6 Å². The van der Waals surface area contributed by atoms with E-state index in [1.165, 1.54) is 23.1 Å². The number of nitrogens with zero attached hydrogens (tertiary/aromatic N) is 4. The highest BCUT2D eigenvalue weighted by molar-refractivity contribution is 8.00. The van der Waals surface area contributed by atoms with Crippen LogP contribution in [0, 0.1) is 0 Å².